The van der Waals surface area contributed by atoms with E-state index >= 15 is 0 Å². The van der Waals surface area contributed by atoms with Gasteiger partial charge >= 0.3 is 5.97 Å². The van der Waals surface area contributed by atoms with Crippen molar-refractivity contribution in [2.24, 2.45) is 11.8 Å². The minimum Gasteiger partial charge on any atom is -0.466 e. The highest BCUT2D eigenvalue weighted by Crippen LogP contribution is 2.43. The van der Waals surface area contributed by atoms with Crippen LogP contribution in [0.5, 0.6) is 0 Å². The molecule has 1 aliphatic carbocycles. The Hall–Kier alpha value is -0.353. The van der Waals surface area contributed by atoms with E-state index in [2.05, 4.69) is 40.8 Å². The number of rotatable bonds is 5. The molecule has 0 aromatic heterocycles. The van der Waals surface area contributed by atoms with Crippen LogP contribution in [0.1, 0.15) is 53.9 Å². The van der Waals surface area contributed by atoms with Gasteiger partial charge in [0, 0.05) is 6.10 Å². The Morgan fingerprint density at radius 3 is 2.25 bits per heavy atom. The van der Waals surface area contributed by atoms with Crippen LogP contribution in [0.3, 0.4) is 0 Å². The second kappa shape index (κ2) is 6.61. The molecule has 0 bridgehead atoms. The van der Waals surface area contributed by atoms with Crippen molar-refractivity contribution < 1.29 is 14.0 Å². The van der Waals surface area contributed by atoms with E-state index in [0.29, 0.717) is 12.5 Å². The van der Waals surface area contributed by atoms with Gasteiger partial charge < -0.3 is 9.16 Å². The maximum absolute atomic E-state index is 12.1. The van der Waals surface area contributed by atoms with Gasteiger partial charge in [-0.1, -0.05) is 34.1 Å². The summed E-state index contributed by atoms with van der Waals surface area (Å²) >= 11 is 0. The van der Waals surface area contributed by atoms with Crippen molar-refractivity contribution in [3.05, 3.63) is 0 Å². The number of esters is 1. The molecule has 1 saturated carbocycles. The maximum atomic E-state index is 12.1. The zero-order chi connectivity index (χ0) is 15.6. The Morgan fingerprint density at radius 1 is 1.20 bits per heavy atom. The third-order valence-electron chi connectivity index (χ3n) is 5.03. The first-order chi connectivity index (χ1) is 9.12. The van der Waals surface area contributed by atoms with Gasteiger partial charge in [0.1, 0.15) is 0 Å². The SMILES string of the molecule is CCOC(=O)[C@@H]1CC(O[Si](C)(C)C(C)(C)C)C[C@H]1CC. The van der Waals surface area contributed by atoms with Crippen molar-refractivity contribution in [2.45, 2.75) is 78.1 Å². The van der Waals surface area contributed by atoms with Gasteiger partial charge in [0.15, 0.2) is 8.32 Å². The third kappa shape index (κ3) is 4.07. The molecule has 0 aliphatic heterocycles. The van der Waals surface area contributed by atoms with Crippen LogP contribution in [0, 0.1) is 11.8 Å². The summed E-state index contributed by atoms with van der Waals surface area (Å²) in [5.74, 6) is 0.430. The van der Waals surface area contributed by atoms with Gasteiger partial charge in [-0.25, -0.2) is 0 Å². The van der Waals surface area contributed by atoms with Crippen molar-refractivity contribution in [1.82, 2.24) is 0 Å². The average molecular weight is 301 g/mol. The first-order valence-corrected chi connectivity index (χ1v) is 10.9. The van der Waals surface area contributed by atoms with Crippen molar-refractivity contribution in [3.63, 3.8) is 0 Å². The molecule has 4 heteroatoms. The fourth-order valence-electron chi connectivity index (χ4n) is 2.75. The molecular weight excluding hydrogens is 268 g/mol. The molecule has 0 heterocycles. The topological polar surface area (TPSA) is 35.5 Å². The highest BCUT2D eigenvalue weighted by Gasteiger charge is 2.44. The van der Waals surface area contributed by atoms with E-state index in [4.69, 9.17) is 9.16 Å². The fraction of sp³-hybridized carbons (Fsp3) is 0.938. The van der Waals surface area contributed by atoms with E-state index < -0.39 is 8.32 Å². The van der Waals surface area contributed by atoms with Crippen LogP contribution in [0.15, 0.2) is 0 Å². The highest BCUT2D eigenvalue weighted by molar-refractivity contribution is 6.74. The molecule has 0 radical (unpaired) electrons. The van der Waals surface area contributed by atoms with E-state index in [9.17, 15) is 4.79 Å². The van der Waals surface area contributed by atoms with Gasteiger partial charge in [-0.15, -0.1) is 0 Å². The van der Waals surface area contributed by atoms with Crippen molar-refractivity contribution in [2.75, 3.05) is 6.61 Å². The Bertz CT molecular complexity index is 333. The van der Waals surface area contributed by atoms with Gasteiger partial charge in [0.25, 0.3) is 0 Å². The summed E-state index contributed by atoms with van der Waals surface area (Å²) < 4.78 is 11.7. The monoisotopic (exact) mass is 300 g/mol. The molecule has 0 aromatic rings. The highest BCUT2D eigenvalue weighted by atomic mass is 28.4. The summed E-state index contributed by atoms with van der Waals surface area (Å²) in [5, 5.41) is 0.219. The molecular formula is C16H32O3Si. The van der Waals surface area contributed by atoms with E-state index in [0.717, 1.165) is 19.3 Å². The molecule has 1 rings (SSSR count). The molecule has 1 unspecified atom stereocenters. The zero-order valence-electron chi connectivity index (χ0n) is 14.3. The zero-order valence-corrected chi connectivity index (χ0v) is 15.3. The van der Waals surface area contributed by atoms with E-state index in [1.807, 2.05) is 6.92 Å². The van der Waals surface area contributed by atoms with Crippen molar-refractivity contribution in [1.29, 1.82) is 0 Å². The second-order valence-electron chi connectivity index (χ2n) is 7.50. The van der Waals surface area contributed by atoms with Crippen molar-refractivity contribution >= 4 is 14.3 Å². The normalized spacial score (nSPS) is 27.6. The summed E-state index contributed by atoms with van der Waals surface area (Å²) in [6, 6.07) is 0. The number of carbonyl (C=O) groups is 1. The lowest BCUT2D eigenvalue weighted by Crippen LogP contribution is -2.43. The molecule has 3 nitrogen and oxygen atoms in total. The fourth-order valence-corrected chi connectivity index (χ4v) is 4.13. The smallest absolute Gasteiger partial charge is 0.309 e. The van der Waals surface area contributed by atoms with E-state index in [-0.39, 0.29) is 23.0 Å². The van der Waals surface area contributed by atoms with E-state index in [1.165, 1.54) is 0 Å². The third-order valence-corrected chi connectivity index (χ3v) is 9.57. The average Bonchev–Trinajstić information content (AvgIpc) is 2.70. The maximum Gasteiger partial charge on any atom is 0.309 e. The van der Waals surface area contributed by atoms with Crippen LogP contribution in [0.25, 0.3) is 0 Å². The standard InChI is InChI=1S/C16H32O3Si/c1-8-12-10-13(11-14(12)15(17)18-9-2)19-20(6,7)16(3,4)5/h12-14H,8-11H2,1-7H3/t12-,13?,14-/m1/s1. The lowest BCUT2D eigenvalue weighted by atomic mass is 9.94. The molecule has 3 atom stereocenters. The second-order valence-corrected chi connectivity index (χ2v) is 12.3. The van der Waals surface area contributed by atoms with Crippen molar-refractivity contribution in [3.8, 4) is 0 Å². The van der Waals surface area contributed by atoms with Crippen LogP contribution >= 0.6 is 0 Å². The summed E-state index contributed by atoms with van der Waals surface area (Å²) in [5.41, 5.74) is 0. The summed E-state index contributed by atoms with van der Waals surface area (Å²) in [6.07, 6.45) is 3.10. The van der Waals surface area contributed by atoms with Crippen LogP contribution in [0.2, 0.25) is 18.1 Å². The molecule has 0 N–H and O–H groups in total. The van der Waals surface area contributed by atoms with E-state index in [1.54, 1.807) is 0 Å². The quantitative estimate of drug-likeness (QED) is 0.558. The molecule has 0 amide bonds. The number of carbonyl (C=O) groups excluding carboxylic acids is 1. The minimum atomic E-state index is -1.75. The van der Waals surface area contributed by atoms with Crippen LogP contribution in [0.4, 0.5) is 0 Å². The predicted octanol–water partition coefficient (Wildman–Crippen LogP) is 4.38. The minimum absolute atomic E-state index is 0.0271. The van der Waals surface area contributed by atoms with Gasteiger partial charge in [-0.05, 0) is 43.8 Å². The molecule has 118 valence electrons. The number of hydrogen-bond donors (Lipinski definition) is 0. The Labute approximate surface area is 125 Å². The number of hydrogen-bond acceptors (Lipinski definition) is 3. The van der Waals surface area contributed by atoms with Crippen LogP contribution in [-0.4, -0.2) is 27.0 Å². The Morgan fingerprint density at radius 2 is 1.80 bits per heavy atom. The first-order valence-electron chi connectivity index (χ1n) is 7.96. The Balaban J connectivity index is 2.70. The molecule has 1 fully saturated rings. The van der Waals surface area contributed by atoms with Crippen LogP contribution < -0.4 is 0 Å². The van der Waals surface area contributed by atoms with Gasteiger partial charge in [0.05, 0.1) is 12.5 Å². The van der Waals surface area contributed by atoms with Gasteiger partial charge in [-0.2, -0.15) is 0 Å². The Kier molecular flexibility index (Phi) is 5.85. The first kappa shape index (κ1) is 17.7. The van der Waals surface area contributed by atoms with Gasteiger partial charge in [0.2, 0.25) is 0 Å². The predicted molar refractivity (Wildman–Crippen MR) is 85.2 cm³/mol. The number of ether oxygens (including phenoxy) is 1. The molecule has 20 heavy (non-hydrogen) atoms. The largest absolute Gasteiger partial charge is 0.466 e. The van der Waals surface area contributed by atoms with Crippen LogP contribution in [-0.2, 0) is 14.0 Å². The molecule has 1 aliphatic rings. The molecule has 0 aromatic carbocycles. The summed E-state index contributed by atoms with van der Waals surface area (Å²) in [6.45, 7) is 15.8. The molecule has 0 saturated heterocycles. The lowest BCUT2D eigenvalue weighted by molar-refractivity contribution is -0.149. The summed E-state index contributed by atoms with van der Waals surface area (Å²) in [7, 11) is -1.75. The lowest BCUT2D eigenvalue weighted by Gasteiger charge is -2.38. The van der Waals surface area contributed by atoms with Gasteiger partial charge in [-0.3, -0.25) is 4.79 Å². The summed E-state index contributed by atoms with van der Waals surface area (Å²) in [4.78, 5) is 12.1. The molecule has 0 spiro atoms.